The molecule has 22 heavy (non-hydrogen) atoms. The van der Waals surface area contributed by atoms with Gasteiger partial charge in [-0.05, 0) is 31.9 Å². The number of aryl methyl sites for hydroxylation is 1. The zero-order valence-electron chi connectivity index (χ0n) is 13.1. The number of hydrogen-bond donors (Lipinski definition) is 4. The minimum Gasteiger partial charge on any atom is -0.396 e. The molecule has 0 spiro atoms. The number of pyridine rings is 1. The molecule has 2 heterocycles. The van der Waals surface area contributed by atoms with Crippen LogP contribution >= 0.6 is 0 Å². The molecule has 7 nitrogen and oxygen atoms in total. The molecule has 1 aromatic rings. The highest BCUT2D eigenvalue weighted by molar-refractivity contribution is 5.99. The fourth-order valence-electron chi connectivity index (χ4n) is 2.70. The molecule has 3 atom stereocenters. The van der Waals surface area contributed by atoms with Gasteiger partial charge < -0.3 is 26.8 Å². The third-order valence-electron chi connectivity index (χ3n) is 3.93. The maximum absolute atomic E-state index is 12.4. The van der Waals surface area contributed by atoms with Crippen LogP contribution < -0.4 is 21.7 Å². The maximum Gasteiger partial charge on any atom is 0.256 e. The van der Waals surface area contributed by atoms with Crippen molar-refractivity contribution in [3.8, 4) is 0 Å². The van der Waals surface area contributed by atoms with Crippen LogP contribution in [0.2, 0.25) is 0 Å². The van der Waals surface area contributed by atoms with E-state index in [0.29, 0.717) is 24.5 Å². The number of nitrogens with zero attached hydrogens (tertiary/aromatic N) is 2. The topological polar surface area (TPSA) is 118 Å². The Bertz CT molecular complexity index is 535. The molecule has 1 fully saturated rings. The molecule has 6 N–H and O–H groups in total. The van der Waals surface area contributed by atoms with Gasteiger partial charge in [0.05, 0.1) is 11.7 Å². The second-order valence-electron chi connectivity index (χ2n) is 5.99. The van der Waals surface area contributed by atoms with Gasteiger partial charge in [0.15, 0.2) is 0 Å². The first-order chi connectivity index (χ1) is 10.4. The lowest BCUT2D eigenvalue weighted by atomic mass is 9.93. The van der Waals surface area contributed by atoms with E-state index in [4.69, 9.17) is 11.5 Å². The highest BCUT2D eigenvalue weighted by atomic mass is 16.3. The first-order valence-electron chi connectivity index (χ1n) is 7.57. The molecule has 0 bridgehead atoms. The van der Waals surface area contributed by atoms with Gasteiger partial charge in [0, 0.05) is 37.9 Å². The minimum absolute atomic E-state index is 0.0128. The van der Waals surface area contributed by atoms with E-state index < -0.39 is 6.17 Å². The predicted molar refractivity (Wildman–Crippen MR) is 85.5 cm³/mol. The Morgan fingerprint density at radius 3 is 3.00 bits per heavy atom. The molecule has 0 aliphatic carbocycles. The minimum atomic E-state index is -0.430. The number of rotatable bonds is 4. The Morgan fingerprint density at radius 1 is 1.64 bits per heavy atom. The van der Waals surface area contributed by atoms with E-state index in [0.717, 1.165) is 12.0 Å². The average molecular weight is 307 g/mol. The molecule has 2 rings (SSSR count). The first kappa shape index (κ1) is 16.7. The zero-order chi connectivity index (χ0) is 16.3. The third-order valence-corrected chi connectivity index (χ3v) is 3.93. The fourth-order valence-corrected chi connectivity index (χ4v) is 2.70. The van der Waals surface area contributed by atoms with Crippen molar-refractivity contribution in [1.29, 1.82) is 0 Å². The Balaban J connectivity index is 2.28. The smallest absolute Gasteiger partial charge is 0.256 e. The lowest BCUT2D eigenvalue weighted by Crippen LogP contribution is -2.49. The number of aliphatic hydroxyl groups is 1. The van der Waals surface area contributed by atoms with E-state index in [9.17, 15) is 9.90 Å². The largest absolute Gasteiger partial charge is 0.396 e. The van der Waals surface area contributed by atoms with E-state index in [1.165, 1.54) is 0 Å². The van der Waals surface area contributed by atoms with Gasteiger partial charge in [-0.1, -0.05) is 0 Å². The van der Waals surface area contributed by atoms with E-state index in [-0.39, 0.29) is 24.5 Å². The summed E-state index contributed by atoms with van der Waals surface area (Å²) in [6.07, 6.45) is 2.07. The summed E-state index contributed by atoms with van der Waals surface area (Å²) in [5, 5.41) is 12.1. The SMILES string of the molecule is Cc1cnc(N2CCC(N)C(CO)C2)c(C(=O)NC(C)N)c1. The van der Waals surface area contributed by atoms with Gasteiger partial charge in [-0.25, -0.2) is 4.98 Å². The Kier molecular flexibility index (Phi) is 5.33. The van der Waals surface area contributed by atoms with Crippen molar-refractivity contribution in [2.75, 3.05) is 24.6 Å². The van der Waals surface area contributed by atoms with Crippen molar-refractivity contribution in [1.82, 2.24) is 10.3 Å². The van der Waals surface area contributed by atoms with Gasteiger partial charge in [0.2, 0.25) is 0 Å². The number of carbonyl (C=O) groups excluding carboxylic acids is 1. The second kappa shape index (κ2) is 7.04. The zero-order valence-corrected chi connectivity index (χ0v) is 13.1. The van der Waals surface area contributed by atoms with E-state index >= 15 is 0 Å². The normalized spacial score (nSPS) is 23.2. The summed E-state index contributed by atoms with van der Waals surface area (Å²) in [7, 11) is 0. The predicted octanol–water partition coefficient (Wildman–Crippen LogP) is -0.430. The van der Waals surface area contributed by atoms with Gasteiger partial charge in [0.1, 0.15) is 5.82 Å². The number of aliphatic hydroxyl groups excluding tert-OH is 1. The van der Waals surface area contributed by atoms with Crippen LogP contribution in [0.4, 0.5) is 5.82 Å². The molecule has 0 radical (unpaired) electrons. The quantitative estimate of drug-likeness (QED) is 0.561. The van der Waals surface area contributed by atoms with Crippen molar-refractivity contribution >= 4 is 11.7 Å². The number of amides is 1. The van der Waals surface area contributed by atoms with Crippen molar-refractivity contribution in [3.05, 3.63) is 23.4 Å². The van der Waals surface area contributed by atoms with Crippen LogP contribution in [0.5, 0.6) is 0 Å². The number of carbonyl (C=O) groups is 1. The van der Waals surface area contributed by atoms with E-state index in [1.807, 2.05) is 17.9 Å². The fraction of sp³-hybridized carbons (Fsp3) is 0.600. The standard InChI is InChI=1S/C15H25N5O2/c1-9-5-12(15(22)19-10(2)16)14(18-6-9)20-4-3-13(17)11(7-20)8-21/h5-6,10-11,13,21H,3-4,7-8,16-17H2,1-2H3,(H,19,22). The summed E-state index contributed by atoms with van der Waals surface area (Å²) < 4.78 is 0. The van der Waals surface area contributed by atoms with Crippen molar-refractivity contribution < 1.29 is 9.90 Å². The number of anilines is 1. The van der Waals surface area contributed by atoms with E-state index in [1.54, 1.807) is 13.1 Å². The van der Waals surface area contributed by atoms with Gasteiger partial charge in [0.25, 0.3) is 5.91 Å². The van der Waals surface area contributed by atoms with Crippen molar-refractivity contribution in [2.24, 2.45) is 17.4 Å². The van der Waals surface area contributed by atoms with Gasteiger partial charge >= 0.3 is 0 Å². The summed E-state index contributed by atoms with van der Waals surface area (Å²) in [6.45, 7) is 4.94. The lowest BCUT2D eigenvalue weighted by molar-refractivity contribution is 0.0941. The number of aromatic nitrogens is 1. The number of hydrogen-bond acceptors (Lipinski definition) is 6. The lowest BCUT2D eigenvalue weighted by Gasteiger charge is -2.37. The van der Waals surface area contributed by atoms with Crippen LogP contribution in [0.3, 0.4) is 0 Å². The number of piperidine rings is 1. The highest BCUT2D eigenvalue weighted by Gasteiger charge is 2.29. The summed E-state index contributed by atoms with van der Waals surface area (Å²) in [5.41, 5.74) is 13.1. The average Bonchev–Trinajstić information content (AvgIpc) is 2.47. The molecular weight excluding hydrogens is 282 g/mol. The number of nitrogens with one attached hydrogen (secondary N) is 1. The molecule has 0 saturated carbocycles. The Labute approximate surface area is 130 Å². The molecule has 122 valence electrons. The first-order valence-corrected chi connectivity index (χ1v) is 7.57. The van der Waals surface area contributed by atoms with Crippen LogP contribution in [0.15, 0.2) is 12.3 Å². The molecule has 0 aromatic carbocycles. The Hall–Kier alpha value is -1.70. The molecule has 1 aromatic heterocycles. The van der Waals surface area contributed by atoms with Crippen molar-refractivity contribution in [3.63, 3.8) is 0 Å². The molecule has 1 amide bonds. The van der Waals surface area contributed by atoms with Gasteiger partial charge in [-0.2, -0.15) is 0 Å². The van der Waals surface area contributed by atoms with Gasteiger partial charge in [-0.15, -0.1) is 0 Å². The molecule has 3 unspecified atom stereocenters. The monoisotopic (exact) mass is 307 g/mol. The summed E-state index contributed by atoms with van der Waals surface area (Å²) in [6, 6.07) is 1.79. The second-order valence-corrected chi connectivity index (χ2v) is 5.99. The number of nitrogens with two attached hydrogens (primary N) is 2. The summed E-state index contributed by atoms with van der Waals surface area (Å²) in [4.78, 5) is 18.8. The summed E-state index contributed by atoms with van der Waals surface area (Å²) >= 11 is 0. The summed E-state index contributed by atoms with van der Waals surface area (Å²) in [5.74, 6) is 0.368. The van der Waals surface area contributed by atoms with Crippen LogP contribution in [0.1, 0.15) is 29.3 Å². The van der Waals surface area contributed by atoms with E-state index in [2.05, 4.69) is 10.3 Å². The molecule has 1 aliphatic rings. The molecule has 1 saturated heterocycles. The molecule has 7 heteroatoms. The van der Waals surface area contributed by atoms with Crippen LogP contribution in [-0.2, 0) is 0 Å². The van der Waals surface area contributed by atoms with Crippen LogP contribution in [0, 0.1) is 12.8 Å². The maximum atomic E-state index is 12.4. The molecular formula is C15H25N5O2. The van der Waals surface area contributed by atoms with Crippen LogP contribution in [-0.4, -0.2) is 47.9 Å². The molecule has 1 aliphatic heterocycles. The Morgan fingerprint density at radius 2 is 2.36 bits per heavy atom. The van der Waals surface area contributed by atoms with Crippen molar-refractivity contribution in [2.45, 2.75) is 32.5 Å². The van der Waals surface area contributed by atoms with Gasteiger partial charge in [-0.3, -0.25) is 4.79 Å². The highest BCUT2D eigenvalue weighted by Crippen LogP contribution is 2.24. The van der Waals surface area contributed by atoms with Crippen LogP contribution in [0.25, 0.3) is 0 Å². The third kappa shape index (κ3) is 3.73.